The number of amides is 1. The van der Waals surface area contributed by atoms with Gasteiger partial charge in [-0.1, -0.05) is 0 Å². The van der Waals surface area contributed by atoms with E-state index >= 15 is 0 Å². The molecule has 2 aromatic rings. The summed E-state index contributed by atoms with van der Waals surface area (Å²) in [6, 6.07) is 0. The monoisotopic (exact) mass is 304 g/mol. The number of anilines is 1. The highest BCUT2D eigenvalue weighted by Gasteiger charge is 2.30. The van der Waals surface area contributed by atoms with Crippen LogP contribution in [0.4, 0.5) is 5.95 Å². The van der Waals surface area contributed by atoms with Crippen LogP contribution in [0.2, 0.25) is 0 Å². The van der Waals surface area contributed by atoms with Gasteiger partial charge in [0, 0.05) is 18.7 Å². The number of aromatic nitrogens is 5. The molecule has 1 saturated carbocycles. The molecule has 22 heavy (non-hydrogen) atoms. The summed E-state index contributed by atoms with van der Waals surface area (Å²) in [6.45, 7) is 1.64. The summed E-state index contributed by atoms with van der Waals surface area (Å²) in [5, 5.41) is 17.2. The molecule has 1 fully saturated rings. The van der Waals surface area contributed by atoms with Crippen LogP contribution < -0.4 is 5.32 Å². The lowest BCUT2D eigenvalue weighted by molar-refractivity contribution is 0.0596. The third-order valence-corrected chi connectivity index (χ3v) is 3.63. The van der Waals surface area contributed by atoms with Crippen LogP contribution in [0.25, 0.3) is 0 Å². The highest BCUT2D eigenvalue weighted by Crippen LogP contribution is 2.39. The summed E-state index contributed by atoms with van der Waals surface area (Å²) in [5.74, 6) is 0.433. The molecule has 9 nitrogen and oxygen atoms in total. The van der Waals surface area contributed by atoms with Crippen molar-refractivity contribution in [1.29, 1.82) is 0 Å². The van der Waals surface area contributed by atoms with Gasteiger partial charge in [0.15, 0.2) is 5.69 Å². The minimum atomic E-state index is -0.618. The van der Waals surface area contributed by atoms with Gasteiger partial charge in [-0.05, 0) is 19.8 Å². The fourth-order valence-electron chi connectivity index (χ4n) is 2.25. The molecular weight excluding hydrogens is 288 g/mol. The lowest BCUT2D eigenvalue weighted by atomic mass is 10.2. The normalized spacial score (nSPS) is 14.0. The largest absolute Gasteiger partial charge is 0.465 e. The van der Waals surface area contributed by atoms with Gasteiger partial charge in [-0.15, -0.1) is 10.2 Å². The van der Waals surface area contributed by atoms with Gasteiger partial charge in [0.25, 0.3) is 5.91 Å². The molecule has 1 aliphatic carbocycles. The van der Waals surface area contributed by atoms with Gasteiger partial charge in [0.2, 0.25) is 5.95 Å². The predicted octanol–water partition coefficient (Wildman–Crippen LogP) is 0.763. The van der Waals surface area contributed by atoms with E-state index < -0.39 is 11.9 Å². The van der Waals surface area contributed by atoms with E-state index in [1.807, 2.05) is 0 Å². The van der Waals surface area contributed by atoms with Gasteiger partial charge >= 0.3 is 5.97 Å². The van der Waals surface area contributed by atoms with E-state index in [1.54, 1.807) is 18.5 Å². The average Bonchev–Trinajstić information content (AvgIpc) is 3.18. The van der Waals surface area contributed by atoms with Crippen molar-refractivity contribution < 1.29 is 14.3 Å². The Bertz CT molecular complexity index is 743. The molecule has 2 aromatic heterocycles. The first-order valence-electron chi connectivity index (χ1n) is 6.86. The summed E-state index contributed by atoms with van der Waals surface area (Å²) >= 11 is 0. The number of carbonyl (C=O) groups excluding carboxylic acids is 2. The van der Waals surface area contributed by atoms with E-state index in [2.05, 4.69) is 30.4 Å². The number of carbonyl (C=O) groups is 2. The van der Waals surface area contributed by atoms with E-state index in [-0.39, 0.29) is 11.3 Å². The fraction of sp³-hybridized carbons (Fsp3) is 0.462. The maximum Gasteiger partial charge on any atom is 0.342 e. The summed E-state index contributed by atoms with van der Waals surface area (Å²) in [7, 11) is 3.04. The Morgan fingerprint density at radius 1 is 1.36 bits per heavy atom. The first-order valence-corrected chi connectivity index (χ1v) is 6.86. The van der Waals surface area contributed by atoms with Crippen molar-refractivity contribution in [1.82, 2.24) is 25.0 Å². The van der Waals surface area contributed by atoms with Crippen LogP contribution in [-0.4, -0.2) is 43.9 Å². The second-order valence-electron chi connectivity index (χ2n) is 5.23. The molecule has 0 saturated heterocycles. The number of aryl methyl sites for hydroxylation is 1. The summed E-state index contributed by atoms with van der Waals surface area (Å²) in [4.78, 5) is 24.1. The lowest BCUT2D eigenvalue weighted by Crippen LogP contribution is -2.19. The Labute approximate surface area is 126 Å². The van der Waals surface area contributed by atoms with Crippen LogP contribution in [0, 0.1) is 6.92 Å². The molecule has 0 spiro atoms. The van der Waals surface area contributed by atoms with Gasteiger partial charge < -0.3 is 4.74 Å². The minimum Gasteiger partial charge on any atom is -0.465 e. The standard InChI is InChI=1S/C13H16N6O3/c1-6-8(12(21)22-3)9(16-15-6)11(20)14-13-18-17-10(19(13)2)7-4-5-7/h7H,4-5H2,1-3H3,(H,15,16)(H,14,18,20). The minimum absolute atomic E-state index is 0.0275. The van der Waals surface area contributed by atoms with E-state index in [9.17, 15) is 9.59 Å². The van der Waals surface area contributed by atoms with Crippen molar-refractivity contribution in [3.8, 4) is 0 Å². The number of methoxy groups -OCH3 is 1. The Kier molecular flexibility index (Phi) is 3.39. The van der Waals surface area contributed by atoms with Crippen LogP contribution in [-0.2, 0) is 11.8 Å². The zero-order chi connectivity index (χ0) is 15.9. The van der Waals surface area contributed by atoms with Crippen LogP contribution in [0.3, 0.4) is 0 Å². The Hall–Kier alpha value is -2.71. The highest BCUT2D eigenvalue weighted by atomic mass is 16.5. The molecule has 1 amide bonds. The second-order valence-corrected chi connectivity index (χ2v) is 5.23. The van der Waals surface area contributed by atoms with Crippen molar-refractivity contribution in [2.75, 3.05) is 12.4 Å². The van der Waals surface area contributed by atoms with Crippen molar-refractivity contribution in [3.05, 3.63) is 22.8 Å². The predicted molar refractivity (Wildman–Crippen MR) is 75.6 cm³/mol. The van der Waals surface area contributed by atoms with E-state index in [0.717, 1.165) is 18.7 Å². The fourth-order valence-corrected chi connectivity index (χ4v) is 2.25. The van der Waals surface area contributed by atoms with Gasteiger partial charge in [-0.3, -0.25) is 19.8 Å². The number of hydrogen-bond acceptors (Lipinski definition) is 6. The molecular formula is C13H16N6O3. The SMILES string of the molecule is COC(=O)c1c(C(=O)Nc2nnc(C3CC3)n2C)n[nH]c1C. The number of aromatic amines is 1. The molecule has 0 bridgehead atoms. The molecule has 0 unspecified atom stereocenters. The van der Waals surface area contributed by atoms with Crippen LogP contribution in [0.5, 0.6) is 0 Å². The Morgan fingerprint density at radius 3 is 2.73 bits per heavy atom. The van der Waals surface area contributed by atoms with Crippen LogP contribution >= 0.6 is 0 Å². The molecule has 116 valence electrons. The topological polar surface area (TPSA) is 115 Å². The maximum absolute atomic E-state index is 12.3. The van der Waals surface area contributed by atoms with Crippen molar-refractivity contribution >= 4 is 17.8 Å². The number of nitrogens with zero attached hydrogens (tertiary/aromatic N) is 4. The van der Waals surface area contributed by atoms with E-state index in [1.165, 1.54) is 7.11 Å². The molecule has 3 rings (SSSR count). The first-order chi connectivity index (χ1) is 10.5. The third kappa shape index (κ3) is 2.34. The van der Waals surface area contributed by atoms with E-state index in [4.69, 9.17) is 0 Å². The molecule has 9 heteroatoms. The van der Waals surface area contributed by atoms with Gasteiger partial charge in [0.05, 0.1) is 7.11 Å². The third-order valence-electron chi connectivity index (χ3n) is 3.63. The zero-order valence-electron chi connectivity index (χ0n) is 12.5. The number of H-pyrrole nitrogens is 1. The highest BCUT2D eigenvalue weighted by molar-refractivity contribution is 6.09. The molecule has 2 N–H and O–H groups in total. The van der Waals surface area contributed by atoms with Crippen LogP contribution in [0.1, 0.15) is 51.1 Å². The molecule has 0 aromatic carbocycles. The van der Waals surface area contributed by atoms with Gasteiger partial charge in [-0.2, -0.15) is 5.10 Å². The van der Waals surface area contributed by atoms with E-state index in [0.29, 0.717) is 17.6 Å². The molecule has 2 heterocycles. The zero-order valence-corrected chi connectivity index (χ0v) is 12.5. The first kappa shape index (κ1) is 14.2. The number of rotatable bonds is 4. The van der Waals surface area contributed by atoms with Gasteiger partial charge in [0.1, 0.15) is 11.4 Å². The van der Waals surface area contributed by atoms with Crippen molar-refractivity contribution in [2.45, 2.75) is 25.7 Å². The van der Waals surface area contributed by atoms with Crippen molar-refractivity contribution in [2.24, 2.45) is 7.05 Å². The molecule has 0 atom stereocenters. The average molecular weight is 304 g/mol. The number of hydrogen-bond donors (Lipinski definition) is 2. The molecule has 1 aliphatic rings. The Balaban J connectivity index is 1.85. The summed E-state index contributed by atoms with van der Waals surface area (Å²) < 4.78 is 6.41. The molecule has 0 radical (unpaired) electrons. The smallest absolute Gasteiger partial charge is 0.342 e. The van der Waals surface area contributed by atoms with Crippen LogP contribution in [0.15, 0.2) is 0 Å². The quantitative estimate of drug-likeness (QED) is 0.806. The number of esters is 1. The number of ether oxygens (including phenoxy) is 1. The maximum atomic E-state index is 12.3. The Morgan fingerprint density at radius 2 is 2.09 bits per heavy atom. The summed E-state index contributed by atoms with van der Waals surface area (Å²) in [6.07, 6.45) is 2.18. The van der Waals surface area contributed by atoms with Crippen molar-refractivity contribution in [3.63, 3.8) is 0 Å². The lowest BCUT2D eigenvalue weighted by Gasteiger charge is -2.05. The summed E-state index contributed by atoms with van der Waals surface area (Å²) in [5.41, 5.74) is 0.554. The molecule has 0 aliphatic heterocycles. The van der Waals surface area contributed by atoms with Gasteiger partial charge in [-0.25, -0.2) is 4.79 Å². The second kappa shape index (κ2) is 5.24. The number of nitrogens with one attached hydrogen (secondary N) is 2.